The summed E-state index contributed by atoms with van der Waals surface area (Å²) < 4.78 is 5.54. The lowest BCUT2D eigenvalue weighted by Crippen LogP contribution is -2.49. The number of hydrogen-bond acceptors (Lipinski definition) is 3. The van der Waals surface area contributed by atoms with Crippen LogP contribution in [0.25, 0.3) is 0 Å². The monoisotopic (exact) mass is 318 g/mol. The molecule has 0 unspecified atom stereocenters. The van der Waals surface area contributed by atoms with Crippen molar-refractivity contribution in [3.05, 3.63) is 35.4 Å². The summed E-state index contributed by atoms with van der Waals surface area (Å²) >= 11 is 0. The van der Waals surface area contributed by atoms with Gasteiger partial charge in [0.2, 0.25) is 5.91 Å². The van der Waals surface area contributed by atoms with Crippen LogP contribution >= 0.6 is 0 Å². The summed E-state index contributed by atoms with van der Waals surface area (Å²) in [5.74, 6) is 0.525. The molecule has 1 N–H and O–H groups in total. The third-order valence-electron chi connectivity index (χ3n) is 3.97. The lowest BCUT2D eigenvalue weighted by Gasteiger charge is -2.36. The number of hydrogen-bond donors (Lipinski definition) is 1. The van der Waals surface area contributed by atoms with Gasteiger partial charge < -0.3 is 15.0 Å². The maximum atomic E-state index is 12.8. The molecule has 1 fully saturated rings. The molecule has 1 saturated heterocycles. The number of benzene rings is 1. The van der Waals surface area contributed by atoms with Crippen LogP contribution in [0.4, 0.5) is 0 Å². The Balaban J connectivity index is 2.04. The molecular formula is C18H26N2O3. The van der Waals surface area contributed by atoms with Crippen LogP contribution in [0.3, 0.4) is 0 Å². The molecule has 2 amide bonds. The second kappa shape index (κ2) is 8.11. The lowest BCUT2D eigenvalue weighted by molar-refractivity contribution is -0.119. The first-order valence-corrected chi connectivity index (χ1v) is 8.19. The Kier molecular flexibility index (Phi) is 6.16. The molecule has 5 heteroatoms. The number of carbonyl (C=O) groups excluding carboxylic acids is 2. The van der Waals surface area contributed by atoms with Gasteiger partial charge in [-0.15, -0.1) is 0 Å². The fourth-order valence-corrected chi connectivity index (χ4v) is 2.82. The highest BCUT2D eigenvalue weighted by molar-refractivity contribution is 5.94. The van der Waals surface area contributed by atoms with E-state index in [4.69, 9.17) is 4.74 Å². The van der Waals surface area contributed by atoms with Gasteiger partial charge in [0.15, 0.2) is 0 Å². The summed E-state index contributed by atoms with van der Waals surface area (Å²) in [7, 11) is 0. The molecule has 0 aliphatic carbocycles. The minimum absolute atomic E-state index is 0.0602. The van der Waals surface area contributed by atoms with Crippen molar-refractivity contribution in [2.75, 3.05) is 19.8 Å². The number of morpholine rings is 1. The molecule has 1 aromatic carbocycles. The second-order valence-electron chi connectivity index (χ2n) is 6.46. The van der Waals surface area contributed by atoms with Crippen LogP contribution < -0.4 is 5.32 Å². The van der Waals surface area contributed by atoms with Crippen molar-refractivity contribution in [2.45, 2.75) is 39.8 Å². The van der Waals surface area contributed by atoms with Gasteiger partial charge in [-0.2, -0.15) is 0 Å². The molecule has 0 spiro atoms. The summed E-state index contributed by atoms with van der Waals surface area (Å²) in [6.07, 6.45) is 0.951. The summed E-state index contributed by atoms with van der Waals surface area (Å²) in [5.41, 5.74) is 1.67. The van der Waals surface area contributed by atoms with Crippen LogP contribution in [0.2, 0.25) is 0 Å². The van der Waals surface area contributed by atoms with E-state index in [0.29, 0.717) is 37.8 Å². The smallest absolute Gasteiger partial charge is 0.254 e. The molecule has 0 saturated carbocycles. The standard InChI is InChI=1S/C18H26N2O3/c1-13(2)10-17-12-23-9-8-20(17)18(22)16-6-4-15(5-7-16)11-19-14(3)21/h4-7,13,17H,8-12H2,1-3H3,(H,19,21)/t17-/m0/s1. The second-order valence-corrected chi connectivity index (χ2v) is 6.46. The molecular weight excluding hydrogens is 292 g/mol. The molecule has 2 rings (SSSR count). The highest BCUT2D eigenvalue weighted by atomic mass is 16.5. The van der Waals surface area contributed by atoms with Crippen molar-refractivity contribution >= 4 is 11.8 Å². The zero-order valence-electron chi connectivity index (χ0n) is 14.2. The van der Waals surface area contributed by atoms with Crippen molar-refractivity contribution in [1.82, 2.24) is 10.2 Å². The Bertz CT molecular complexity index is 540. The Hall–Kier alpha value is -1.88. The molecule has 1 aromatic rings. The van der Waals surface area contributed by atoms with E-state index in [1.807, 2.05) is 29.2 Å². The molecule has 5 nitrogen and oxygen atoms in total. The van der Waals surface area contributed by atoms with Crippen molar-refractivity contribution in [1.29, 1.82) is 0 Å². The van der Waals surface area contributed by atoms with Gasteiger partial charge in [0.1, 0.15) is 0 Å². The van der Waals surface area contributed by atoms with E-state index in [1.165, 1.54) is 6.92 Å². The predicted octanol–water partition coefficient (Wildman–Crippen LogP) is 2.21. The maximum Gasteiger partial charge on any atom is 0.254 e. The molecule has 1 atom stereocenters. The third-order valence-corrected chi connectivity index (χ3v) is 3.97. The average Bonchev–Trinajstić information content (AvgIpc) is 2.53. The summed E-state index contributed by atoms with van der Waals surface area (Å²) in [5, 5.41) is 2.75. The number of carbonyl (C=O) groups is 2. The topological polar surface area (TPSA) is 58.6 Å². The van der Waals surface area contributed by atoms with E-state index in [1.54, 1.807) is 0 Å². The van der Waals surface area contributed by atoms with Gasteiger partial charge in [0.25, 0.3) is 5.91 Å². The number of nitrogens with one attached hydrogen (secondary N) is 1. The van der Waals surface area contributed by atoms with E-state index in [2.05, 4.69) is 19.2 Å². The van der Waals surface area contributed by atoms with Crippen molar-refractivity contribution in [3.63, 3.8) is 0 Å². The number of amides is 2. The van der Waals surface area contributed by atoms with Crippen LogP contribution in [-0.2, 0) is 16.1 Å². The van der Waals surface area contributed by atoms with E-state index < -0.39 is 0 Å². The quantitative estimate of drug-likeness (QED) is 0.905. The normalized spacial score (nSPS) is 18.1. The van der Waals surface area contributed by atoms with Gasteiger partial charge >= 0.3 is 0 Å². The summed E-state index contributed by atoms with van der Waals surface area (Å²) in [6.45, 7) is 8.15. The highest BCUT2D eigenvalue weighted by Crippen LogP contribution is 2.19. The zero-order chi connectivity index (χ0) is 16.8. The number of ether oxygens (including phenoxy) is 1. The highest BCUT2D eigenvalue weighted by Gasteiger charge is 2.28. The minimum atomic E-state index is -0.0602. The lowest BCUT2D eigenvalue weighted by atomic mass is 10.0. The fourth-order valence-electron chi connectivity index (χ4n) is 2.82. The minimum Gasteiger partial charge on any atom is -0.377 e. The first kappa shape index (κ1) is 17.5. The fraction of sp³-hybridized carbons (Fsp3) is 0.556. The van der Waals surface area contributed by atoms with E-state index in [9.17, 15) is 9.59 Å². The van der Waals surface area contributed by atoms with E-state index in [0.717, 1.165) is 12.0 Å². The molecule has 0 radical (unpaired) electrons. The van der Waals surface area contributed by atoms with Gasteiger partial charge in [-0.3, -0.25) is 9.59 Å². The van der Waals surface area contributed by atoms with Gasteiger partial charge in [0, 0.05) is 25.6 Å². The average molecular weight is 318 g/mol. The van der Waals surface area contributed by atoms with Gasteiger partial charge in [-0.1, -0.05) is 26.0 Å². The van der Waals surface area contributed by atoms with E-state index >= 15 is 0 Å². The van der Waals surface area contributed by atoms with Crippen LogP contribution in [0.15, 0.2) is 24.3 Å². The van der Waals surface area contributed by atoms with Crippen LogP contribution in [-0.4, -0.2) is 42.5 Å². The third kappa shape index (κ3) is 5.06. The molecule has 23 heavy (non-hydrogen) atoms. The van der Waals surface area contributed by atoms with Gasteiger partial charge in [-0.05, 0) is 30.0 Å². The molecule has 1 heterocycles. The van der Waals surface area contributed by atoms with Crippen molar-refractivity contribution in [3.8, 4) is 0 Å². The Morgan fingerprint density at radius 3 is 2.61 bits per heavy atom. The summed E-state index contributed by atoms with van der Waals surface area (Å²) in [4.78, 5) is 25.6. The summed E-state index contributed by atoms with van der Waals surface area (Å²) in [6, 6.07) is 7.60. The van der Waals surface area contributed by atoms with Crippen molar-refractivity contribution in [2.24, 2.45) is 5.92 Å². The van der Waals surface area contributed by atoms with Gasteiger partial charge in [-0.25, -0.2) is 0 Å². The maximum absolute atomic E-state index is 12.8. The Morgan fingerprint density at radius 2 is 2.00 bits per heavy atom. The van der Waals surface area contributed by atoms with Crippen LogP contribution in [0.1, 0.15) is 43.1 Å². The molecule has 0 bridgehead atoms. The Morgan fingerprint density at radius 1 is 1.30 bits per heavy atom. The Labute approximate surface area is 138 Å². The van der Waals surface area contributed by atoms with Crippen LogP contribution in [0, 0.1) is 5.92 Å². The molecule has 1 aliphatic heterocycles. The van der Waals surface area contributed by atoms with Crippen LogP contribution in [0.5, 0.6) is 0 Å². The molecule has 126 valence electrons. The van der Waals surface area contributed by atoms with E-state index in [-0.39, 0.29) is 17.9 Å². The van der Waals surface area contributed by atoms with Gasteiger partial charge in [0.05, 0.1) is 19.3 Å². The first-order chi connectivity index (χ1) is 11.0. The predicted molar refractivity (Wildman–Crippen MR) is 89.1 cm³/mol. The number of rotatable bonds is 5. The molecule has 0 aromatic heterocycles. The first-order valence-electron chi connectivity index (χ1n) is 8.19. The number of nitrogens with zero attached hydrogens (tertiary/aromatic N) is 1. The van der Waals surface area contributed by atoms with Crippen molar-refractivity contribution < 1.29 is 14.3 Å². The molecule has 1 aliphatic rings. The SMILES string of the molecule is CC(=O)NCc1ccc(C(=O)N2CCOC[C@@H]2CC(C)C)cc1. The largest absolute Gasteiger partial charge is 0.377 e. The zero-order valence-corrected chi connectivity index (χ0v) is 14.2.